The van der Waals surface area contributed by atoms with Crippen LogP contribution in [0.1, 0.15) is 0 Å². The molecule has 2 nitrogen and oxygen atoms in total. The van der Waals surface area contributed by atoms with Gasteiger partial charge in [0.15, 0.2) is 0 Å². The first-order valence-corrected chi connectivity index (χ1v) is 18.5. The summed E-state index contributed by atoms with van der Waals surface area (Å²) >= 11 is 0. The molecule has 11 rings (SSSR count). The minimum Gasteiger partial charge on any atom is -0.455 e. The van der Waals surface area contributed by atoms with Crippen LogP contribution in [0.4, 0.5) is 17.1 Å². The molecule has 0 atom stereocenters. The number of furan rings is 1. The lowest BCUT2D eigenvalue weighted by Crippen LogP contribution is -2.11. The molecule has 11 aromatic rings. The van der Waals surface area contributed by atoms with E-state index in [4.69, 9.17) is 4.42 Å². The minimum absolute atomic E-state index is 0.865. The molecule has 0 radical (unpaired) electrons. The normalized spacial score (nSPS) is 11.7. The van der Waals surface area contributed by atoms with Crippen LogP contribution in [-0.2, 0) is 0 Å². The quantitative estimate of drug-likeness (QED) is 0.168. The van der Waals surface area contributed by atoms with Gasteiger partial charge in [0, 0.05) is 22.0 Å². The molecule has 54 heavy (non-hydrogen) atoms. The lowest BCUT2D eigenvalue weighted by Gasteiger charge is -2.29. The Morgan fingerprint density at radius 3 is 1.91 bits per heavy atom. The third-order valence-electron chi connectivity index (χ3n) is 11.0. The summed E-state index contributed by atoms with van der Waals surface area (Å²) in [7, 11) is 0. The van der Waals surface area contributed by atoms with Gasteiger partial charge in [-0.2, -0.15) is 0 Å². The van der Waals surface area contributed by atoms with Gasteiger partial charge in [0.1, 0.15) is 11.2 Å². The Bertz CT molecular complexity index is 3230. The number of anilines is 3. The van der Waals surface area contributed by atoms with Crippen molar-refractivity contribution < 1.29 is 4.42 Å². The van der Waals surface area contributed by atoms with Crippen LogP contribution in [0.25, 0.3) is 87.3 Å². The van der Waals surface area contributed by atoms with Gasteiger partial charge in [-0.3, -0.25) is 0 Å². The summed E-state index contributed by atoms with van der Waals surface area (Å²) in [5.74, 6) is 0. The van der Waals surface area contributed by atoms with Gasteiger partial charge in [-0.25, -0.2) is 0 Å². The third kappa shape index (κ3) is 4.81. The summed E-state index contributed by atoms with van der Waals surface area (Å²) < 4.78 is 6.76. The van der Waals surface area contributed by atoms with E-state index in [1.54, 1.807) is 0 Å². The number of nitrogens with zero attached hydrogens (tertiary/aromatic N) is 1. The van der Waals surface area contributed by atoms with Crippen LogP contribution < -0.4 is 4.90 Å². The lowest BCUT2D eigenvalue weighted by molar-refractivity contribution is 0.672. The van der Waals surface area contributed by atoms with Crippen molar-refractivity contribution in [3.05, 3.63) is 200 Å². The summed E-state index contributed by atoms with van der Waals surface area (Å²) in [6, 6.07) is 72.4. The highest BCUT2D eigenvalue weighted by atomic mass is 16.3. The molecule has 1 heterocycles. The van der Waals surface area contributed by atoms with Crippen molar-refractivity contribution in [1.29, 1.82) is 0 Å². The number of hydrogen-bond donors (Lipinski definition) is 0. The Morgan fingerprint density at radius 1 is 0.333 bits per heavy atom. The molecule has 1 aromatic heterocycles. The molecule has 10 aromatic carbocycles. The molecule has 0 aliphatic heterocycles. The smallest absolute Gasteiger partial charge is 0.143 e. The fraction of sp³-hybridized carbons (Fsp3) is 0. The number of para-hydroxylation sites is 1. The molecule has 0 saturated heterocycles. The Balaban J connectivity index is 1.22. The molecule has 0 saturated carbocycles. The largest absolute Gasteiger partial charge is 0.455 e. The fourth-order valence-corrected chi connectivity index (χ4v) is 8.49. The average Bonchev–Trinajstić information content (AvgIpc) is 3.64. The van der Waals surface area contributed by atoms with Crippen molar-refractivity contribution in [2.75, 3.05) is 4.90 Å². The van der Waals surface area contributed by atoms with E-state index in [-0.39, 0.29) is 0 Å². The van der Waals surface area contributed by atoms with Gasteiger partial charge >= 0.3 is 0 Å². The molecule has 0 aliphatic rings. The van der Waals surface area contributed by atoms with Crippen molar-refractivity contribution in [1.82, 2.24) is 0 Å². The van der Waals surface area contributed by atoms with Crippen LogP contribution >= 0.6 is 0 Å². The maximum absolute atomic E-state index is 6.76. The van der Waals surface area contributed by atoms with Crippen LogP contribution in [0.2, 0.25) is 0 Å². The molecule has 0 amide bonds. The number of fused-ring (bicyclic) bond motifs is 9. The predicted octanol–water partition coefficient (Wildman–Crippen LogP) is 15.0. The maximum Gasteiger partial charge on any atom is 0.143 e. The zero-order valence-electron chi connectivity index (χ0n) is 29.4. The van der Waals surface area contributed by atoms with Crippen LogP contribution in [0, 0.1) is 0 Å². The molecule has 0 bridgehead atoms. The molecule has 2 heteroatoms. The zero-order chi connectivity index (χ0) is 35.6. The number of hydrogen-bond acceptors (Lipinski definition) is 2. The molecular weight excluding hydrogens is 655 g/mol. The number of rotatable bonds is 5. The monoisotopic (exact) mass is 687 g/mol. The zero-order valence-corrected chi connectivity index (χ0v) is 29.4. The summed E-state index contributed by atoms with van der Waals surface area (Å²) in [6.07, 6.45) is 0. The third-order valence-corrected chi connectivity index (χ3v) is 11.0. The second kappa shape index (κ2) is 12.2. The molecule has 0 unspecified atom stereocenters. The van der Waals surface area contributed by atoms with Gasteiger partial charge in [-0.05, 0) is 103 Å². The summed E-state index contributed by atoms with van der Waals surface area (Å²) in [4.78, 5) is 2.44. The van der Waals surface area contributed by atoms with E-state index in [0.717, 1.165) is 50.0 Å². The van der Waals surface area contributed by atoms with Crippen molar-refractivity contribution in [3.8, 4) is 22.3 Å². The van der Waals surface area contributed by atoms with E-state index < -0.39 is 0 Å². The lowest BCUT2D eigenvalue weighted by atomic mass is 9.92. The van der Waals surface area contributed by atoms with E-state index >= 15 is 0 Å². The average molecular weight is 688 g/mol. The second-order valence-electron chi connectivity index (χ2n) is 14.1. The van der Waals surface area contributed by atoms with E-state index in [1.165, 1.54) is 54.4 Å². The van der Waals surface area contributed by atoms with Gasteiger partial charge in [0.05, 0.1) is 16.8 Å². The first kappa shape index (κ1) is 30.5. The molecular formula is C52H33NO. The first-order chi connectivity index (χ1) is 26.8. The van der Waals surface area contributed by atoms with Crippen molar-refractivity contribution >= 4 is 82.1 Å². The van der Waals surface area contributed by atoms with Crippen molar-refractivity contribution in [2.45, 2.75) is 0 Å². The Kier molecular flexibility index (Phi) is 6.90. The van der Waals surface area contributed by atoms with Gasteiger partial charge in [0.2, 0.25) is 0 Å². The molecule has 0 N–H and O–H groups in total. The SMILES string of the molecule is c1ccc(-c2ccc3ccc(N(c4ccccc4-c4cc5ccccc5c5ccccc45)c4cccc5oc6c7ccccc7ccc6c45)cc3c2)cc1. The van der Waals surface area contributed by atoms with Gasteiger partial charge in [-0.15, -0.1) is 0 Å². The first-order valence-electron chi connectivity index (χ1n) is 18.5. The van der Waals surface area contributed by atoms with Crippen LogP contribution in [0.15, 0.2) is 205 Å². The van der Waals surface area contributed by atoms with Gasteiger partial charge < -0.3 is 9.32 Å². The summed E-state index contributed by atoms with van der Waals surface area (Å²) in [5.41, 5.74) is 9.78. The Hall–Kier alpha value is -7.16. The minimum atomic E-state index is 0.865. The van der Waals surface area contributed by atoms with E-state index in [9.17, 15) is 0 Å². The fourth-order valence-electron chi connectivity index (χ4n) is 8.49. The summed E-state index contributed by atoms with van der Waals surface area (Å²) in [5, 5.41) is 11.8. The standard InChI is InChI=1S/C52H33NO/c1-2-13-34(14-3-1)37-26-25-35-27-29-40(32-39(35)31-37)53(49-23-12-24-50-51(49)46-30-28-36-15-4-7-18-42(36)52(46)54-50)48-22-11-10-21-45(48)47-33-38-16-5-6-17-41(38)43-19-8-9-20-44(43)47/h1-33H. The Labute approximate surface area is 312 Å². The van der Waals surface area contributed by atoms with Crippen LogP contribution in [-0.4, -0.2) is 0 Å². The second-order valence-corrected chi connectivity index (χ2v) is 14.1. The van der Waals surface area contributed by atoms with Crippen LogP contribution in [0.3, 0.4) is 0 Å². The van der Waals surface area contributed by atoms with Crippen molar-refractivity contribution in [3.63, 3.8) is 0 Å². The van der Waals surface area contributed by atoms with E-state index in [0.29, 0.717) is 0 Å². The Morgan fingerprint density at radius 2 is 1.02 bits per heavy atom. The molecule has 0 fully saturated rings. The maximum atomic E-state index is 6.76. The predicted molar refractivity (Wildman–Crippen MR) is 229 cm³/mol. The number of benzene rings is 10. The summed E-state index contributed by atoms with van der Waals surface area (Å²) in [6.45, 7) is 0. The van der Waals surface area contributed by atoms with E-state index in [1.807, 2.05) is 0 Å². The molecule has 0 spiro atoms. The molecule has 0 aliphatic carbocycles. The highest BCUT2D eigenvalue weighted by Crippen LogP contribution is 2.48. The highest BCUT2D eigenvalue weighted by molar-refractivity contribution is 6.20. The van der Waals surface area contributed by atoms with Gasteiger partial charge in [0.25, 0.3) is 0 Å². The van der Waals surface area contributed by atoms with Crippen LogP contribution in [0.5, 0.6) is 0 Å². The topological polar surface area (TPSA) is 16.4 Å². The highest BCUT2D eigenvalue weighted by Gasteiger charge is 2.23. The molecule has 252 valence electrons. The van der Waals surface area contributed by atoms with E-state index in [2.05, 4.69) is 205 Å². The van der Waals surface area contributed by atoms with Gasteiger partial charge in [-0.1, -0.05) is 152 Å². The van der Waals surface area contributed by atoms with Crippen molar-refractivity contribution in [2.24, 2.45) is 0 Å².